The maximum Gasteiger partial charge on any atom is 0.416 e. The van der Waals surface area contributed by atoms with Gasteiger partial charge >= 0.3 is 6.18 Å². The highest BCUT2D eigenvalue weighted by atomic mass is 35.5. The summed E-state index contributed by atoms with van der Waals surface area (Å²) in [4.78, 5) is 18.1. The highest BCUT2D eigenvalue weighted by Gasteiger charge is 2.60. The summed E-state index contributed by atoms with van der Waals surface area (Å²) in [7, 11) is -2.71. The number of likely N-dealkylation sites (N-methyl/N-ethyl adjacent to an activating group) is 1. The molecule has 0 radical (unpaired) electrons. The Hall–Kier alpha value is -2.38. The van der Waals surface area contributed by atoms with Gasteiger partial charge in [-0.3, -0.25) is 4.79 Å². The normalized spacial score (nSPS) is 17.7. The molecule has 0 spiro atoms. The number of benzene rings is 2. The number of hydrogen-bond donors (Lipinski definition) is 0. The fourth-order valence-electron chi connectivity index (χ4n) is 5.34. The van der Waals surface area contributed by atoms with Gasteiger partial charge in [0.1, 0.15) is 0 Å². The van der Waals surface area contributed by atoms with Gasteiger partial charge < -0.3 is 14.2 Å². The molecule has 206 valence electrons. The summed E-state index contributed by atoms with van der Waals surface area (Å²) in [6.07, 6.45) is -4.84. The molecule has 1 heterocycles. The lowest BCUT2D eigenvalue weighted by Crippen LogP contribution is -2.53. The summed E-state index contributed by atoms with van der Waals surface area (Å²) in [6, 6.07) is 12.4. The molecule has 0 bridgehead atoms. The van der Waals surface area contributed by atoms with Gasteiger partial charge in [0.05, 0.1) is 22.9 Å². The van der Waals surface area contributed by atoms with Gasteiger partial charge in [-0.25, -0.2) is 0 Å². The van der Waals surface area contributed by atoms with Crippen LogP contribution < -0.4 is 4.90 Å². The van der Waals surface area contributed by atoms with Crippen molar-refractivity contribution in [2.75, 3.05) is 31.1 Å². The van der Waals surface area contributed by atoms with Gasteiger partial charge in [-0.15, -0.1) is 0 Å². The Kier molecular flexibility index (Phi) is 9.35. The van der Waals surface area contributed by atoms with Crippen LogP contribution in [0.2, 0.25) is 23.2 Å². The molecule has 0 aromatic heterocycles. The Morgan fingerprint density at radius 3 is 2.18 bits per heavy atom. The fourth-order valence-corrected chi connectivity index (χ4v) is 8.50. The summed E-state index contributed by atoms with van der Waals surface area (Å²) in [5.74, 6) is -0.597. The standard InChI is InChI=1S/C28H35ClF3N3O2Si/c1-6-34(7-2)15-16-35-24-18-20(19-33)17-22(28(30,31)32)25(24)27(26(35)36,21-13-11-12-14-23(21)29)37-38(8-3,9-4)10-5/h11-14,17-18H,6-10,15-16H2,1-5H3/t27-/m1/s1. The average molecular weight is 566 g/mol. The third-order valence-electron chi connectivity index (χ3n) is 7.83. The molecule has 3 rings (SSSR count). The van der Waals surface area contributed by atoms with Crippen LogP contribution in [0.3, 0.4) is 0 Å². The highest BCUT2D eigenvalue weighted by Crippen LogP contribution is 2.55. The average Bonchev–Trinajstić information content (AvgIpc) is 3.14. The van der Waals surface area contributed by atoms with E-state index in [9.17, 15) is 23.2 Å². The summed E-state index contributed by atoms with van der Waals surface area (Å²) >= 11 is 6.65. The molecule has 2 aromatic carbocycles. The van der Waals surface area contributed by atoms with Gasteiger partial charge in [0.25, 0.3) is 5.91 Å². The number of nitrogens with zero attached hydrogens (tertiary/aromatic N) is 3. The van der Waals surface area contributed by atoms with Crippen molar-refractivity contribution in [3.63, 3.8) is 0 Å². The van der Waals surface area contributed by atoms with Crippen molar-refractivity contribution in [3.05, 3.63) is 63.7 Å². The van der Waals surface area contributed by atoms with Crippen LogP contribution in [0.5, 0.6) is 0 Å². The van der Waals surface area contributed by atoms with E-state index in [2.05, 4.69) is 4.90 Å². The van der Waals surface area contributed by atoms with E-state index in [1.54, 1.807) is 24.3 Å². The van der Waals surface area contributed by atoms with E-state index in [0.717, 1.165) is 19.2 Å². The van der Waals surface area contributed by atoms with Crippen LogP contribution >= 0.6 is 11.6 Å². The number of fused-ring (bicyclic) bond motifs is 1. The molecule has 38 heavy (non-hydrogen) atoms. The minimum atomic E-state index is -4.84. The van der Waals surface area contributed by atoms with Crippen LogP contribution in [-0.4, -0.2) is 45.3 Å². The van der Waals surface area contributed by atoms with E-state index in [-0.39, 0.29) is 33.9 Å². The topological polar surface area (TPSA) is 56.6 Å². The molecule has 0 saturated carbocycles. The van der Waals surface area contributed by atoms with E-state index >= 15 is 0 Å². The first-order valence-electron chi connectivity index (χ1n) is 13.1. The molecule has 0 fully saturated rings. The van der Waals surface area contributed by atoms with E-state index < -0.39 is 31.6 Å². The van der Waals surface area contributed by atoms with Crippen molar-refractivity contribution in [2.45, 2.75) is 64.5 Å². The molecule has 10 heteroatoms. The maximum absolute atomic E-state index is 14.8. The van der Waals surface area contributed by atoms with E-state index in [0.29, 0.717) is 24.7 Å². The lowest BCUT2D eigenvalue weighted by atomic mass is 9.83. The number of alkyl halides is 3. The minimum Gasteiger partial charge on any atom is -0.396 e. The van der Waals surface area contributed by atoms with Crippen LogP contribution in [0.15, 0.2) is 36.4 Å². The van der Waals surface area contributed by atoms with Crippen LogP contribution in [0.4, 0.5) is 18.9 Å². The number of carbonyl (C=O) groups excluding carboxylic acids is 1. The fraction of sp³-hybridized carbons (Fsp3) is 0.500. The zero-order chi connectivity index (χ0) is 28.3. The first kappa shape index (κ1) is 30.2. The quantitative estimate of drug-likeness (QED) is 0.271. The molecule has 0 N–H and O–H groups in total. The maximum atomic E-state index is 14.8. The number of rotatable bonds is 11. The number of hydrogen-bond acceptors (Lipinski definition) is 4. The van der Waals surface area contributed by atoms with Gasteiger partial charge in [-0.1, -0.05) is 64.4 Å². The second-order valence-electron chi connectivity index (χ2n) is 9.52. The lowest BCUT2D eigenvalue weighted by molar-refractivity contribution is -0.141. The molecule has 5 nitrogen and oxygen atoms in total. The third-order valence-corrected chi connectivity index (χ3v) is 12.8. The number of anilines is 1. The Morgan fingerprint density at radius 2 is 1.68 bits per heavy atom. The van der Waals surface area contributed by atoms with Crippen LogP contribution in [0.1, 0.15) is 56.9 Å². The van der Waals surface area contributed by atoms with Crippen molar-refractivity contribution in [1.29, 1.82) is 5.26 Å². The summed E-state index contributed by atoms with van der Waals surface area (Å²) < 4.78 is 51.2. The van der Waals surface area contributed by atoms with Gasteiger partial charge in [0.15, 0.2) is 13.9 Å². The van der Waals surface area contributed by atoms with Crippen LogP contribution in [0.25, 0.3) is 0 Å². The van der Waals surface area contributed by atoms with Crippen molar-refractivity contribution >= 4 is 31.5 Å². The van der Waals surface area contributed by atoms with Gasteiger partial charge in [0.2, 0.25) is 0 Å². The van der Waals surface area contributed by atoms with Crippen LogP contribution in [-0.2, 0) is 21.0 Å². The van der Waals surface area contributed by atoms with E-state index in [1.807, 2.05) is 40.7 Å². The van der Waals surface area contributed by atoms with Crippen molar-refractivity contribution in [2.24, 2.45) is 0 Å². The second kappa shape index (κ2) is 11.8. The zero-order valence-electron chi connectivity index (χ0n) is 22.6. The van der Waals surface area contributed by atoms with E-state index in [1.165, 1.54) is 11.0 Å². The molecular formula is C28H35ClF3N3O2Si. The summed E-state index contributed by atoms with van der Waals surface area (Å²) in [6.45, 7) is 11.9. The molecule has 1 aliphatic rings. The molecular weight excluding hydrogens is 531 g/mol. The Labute approximate surface area is 229 Å². The van der Waals surface area contributed by atoms with Crippen molar-refractivity contribution in [1.82, 2.24) is 4.90 Å². The molecule has 0 saturated heterocycles. The molecule has 1 atom stereocenters. The largest absolute Gasteiger partial charge is 0.416 e. The predicted octanol–water partition coefficient (Wildman–Crippen LogP) is 7.18. The molecule has 0 aliphatic carbocycles. The summed E-state index contributed by atoms with van der Waals surface area (Å²) in [5, 5.41) is 9.78. The Bertz CT molecular complexity index is 1200. The molecule has 1 amide bonds. The van der Waals surface area contributed by atoms with Gasteiger partial charge in [0, 0.05) is 29.2 Å². The van der Waals surface area contributed by atoms with Crippen molar-refractivity contribution in [3.8, 4) is 6.07 Å². The number of amides is 1. The SMILES string of the molecule is CCN(CC)CCN1C(=O)[C@@](O[Si](CC)(CC)CC)(c2ccccc2Cl)c2c1cc(C#N)cc2C(F)(F)F. The number of carbonyl (C=O) groups is 1. The minimum absolute atomic E-state index is 0.0552. The van der Waals surface area contributed by atoms with E-state index in [4.69, 9.17) is 16.0 Å². The number of nitriles is 1. The number of halogens is 4. The summed E-state index contributed by atoms with van der Waals surface area (Å²) in [5.41, 5.74) is -3.31. The first-order chi connectivity index (χ1) is 18.0. The second-order valence-corrected chi connectivity index (χ2v) is 14.6. The monoisotopic (exact) mass is 565 g/mol. The Morgan fingerprint density at radius 1 is 1.08 bits per heavy atom. The lowest BCUT2D eigenvalue weighted by Gasteiger charge is -2.41. The highest BCUT2D eigenvalue weighted by molar-refractivity contribution is 6.74. The smallest absolute Gasteiger partial charge is 0.396 e. The molecule has 0 unspecified atom stereocenters. The Balaban J connectivity index is 2.47. The zero-order valence-corrected chi connectivity index (χ0v) is 24.3. The van der Waals surface area contributed by atoms with Crippen molar-refractivity contribution < 1.29 is 22.4 Å². The van der Waals surface area contributed by atoms with Crippen LogP contribution in [0, 0.1) is 11.3 Å². The van der Waals surface area contributed by atoms with Gasteiger partial charge in [-0.05, 0) is 49.4 Å². The third kappa shape index (κ3) is 5.24. The predicted molar refractivity (Wildman–Crippen MR) is 147 cm³/mol. The molecule has 1 aliphatic heterocycles. The molecule has 2 aromatic rings. The van der Waals surface area contributed by atoms with Gasteiger partial charge in [-0.2, -0.15) is 18.4 Å². The first-order valence-corrected chi connectivity index (χ1v) is 16.0.